The molecule has 5 rings (SSSR count). The number of benzene rings is 2. The average Bonchev–Trinajstić information content (AvgIpc) is 3.58. The van der Waals surface area contributed by atoms with Crippen LogP contribution >= 0.6 is 11.8 Å². The Kier molecular flexibility index (Phi) is 6.43. The number of fused-ring (bicyclic) bond motifs is 1. The molecule has 0 bridgehead atoms. The number of rotatable bonds is 8. The summed E-state index contributed by atoms with van der Waals surface area (Å²) in [6.45, 7) is 5.32. The second-order valence-electron chi connectivity index (χ2n) is 8.58. The van der Waals surface area contributed by atoms with Crippen molar-refractivity contribution in [3.63, 3.8) is 0 Å². The van der Waals surface area contributed by atoms with Crippen molar-refractivity contribution in [1.82, 2.24) is 19.7 Å². The molecular formula is C26H28N4O3S. The first-order valence-electron chi connectivity index (χ1n) is 11.5. The number of H-pyrrole nitrogens is 1. The Labute approximate surface area is 202 Å². The zero-order valence-corrected chi connectivity index (χ0v) is 20.4. The summed E-state index contributed by atoms with van der Waals surface area (Å²) in [6, 6.07) is 15.7. The van der Waals surface area contributed by atoms with Crippen LogP contribution in [0, 0.1) is 6.92 Å². The van der Waals surface area contributed by atoms with Gasteiger partial charge in [-0.1, -0.05) is 30.0 Å². The highest BCUT2D eigenvalue weighted by atomic mass is 32.2. The monoisotopic (exact) mass is 476 g/mol. The highest BCUT2D eigenvalue weighted by Crippen LogP contribution is 2.32. The number of carbonyl (C=O) groups is 1. The second kappa shape index (κ2) is 9.64. The molecule has 1 saturated heterocycles. The van der Waals surface area contributed by atoms with Gasteiger partial charge in [-0.15, -0.1) is 10.2 Å². The maximum atomic E-state index is 13.5. The van der Waals surface area contributed by atoms with E-state index in [1.54, 1.807) is 7.11 Å². The minimum absolute atomic E-state index is 0.0811. The molecule has 7 nitrogen and oxygen atoms in total. The molecule has 4 aromatic rings. The molecule has 176 valence electrons. The molecule has 0 unspecified atom stereocenters. The van der Waals surface area contributed by atoms with Crippen LogP contribution in [0.4, 0.5) is 0 Å². The van der Waals surface area contributed by atoms with E-state index in [0.717, 1.165) is 63.9 Å². The Hall–Kier alpha value is -3.10. The number of Topliss-reactive ketones (excluding diaryl/α,β-unsaturated/α-hetero) is 1. The van der Waals surface area contributed by atoms with E-state index in [2.05, 4.69) is 19.7 Å². The van der Waals surface area contributed by atoms with Gasteiger partial charge < -0.3 is 14.5 Å². The molecule has 0 spiro atoms. The third-order valence-corrected chi connectivity index (χ3v) is 7.35. The largest absolute Gasteiger partial charge is 0.497 e. The van der Waals surface area contributed by atoms with Gasteiger partial charge in [0.25, 0.3) is 0 Å². The number of aryl methyl sites for hydroxylation is 1. The minimum Gasteiger partial charge on any atom is -0.497 e. The van der Waals surface area contributed by atoms with Gasteiger partial charge in [0, 0.05) is 34.3 Å². The number of carbonyl (C=O) groups excluding carboxylic acids is 1. The molecule has 1 aliphatic heterocycles. The van der Waals surface area contributed by atoms with E-state index in [4.69, 9.17) is 9.47 Å². The van der Waals surface area contributed by atoms with Crippen molar-refractivity contribution in [3.05, 3.63) is 59.8 Å². The van der Waals surface area contributed by atoms with Crippen molar-refractivity contribution in [2.75, 3.05) is 13.7 Å². The van der Waals surface area contributed by atoms with Gasteiger partial charge in [-0.25, -0.2) is 0 Å². The Morgan fingerprint density at radius 2 is 2.03 bits per heavy atom. The molecule has 2 atom stereocenters. The summed E-state index contributed by atoms with van der Waals surface area (Å²) in [5.74, 6) is 1.64. The van der Waals surface area contributed by atoms with Crippen LogP contribution in [0.1, 0.15) is 35.8 Å². The molecule has 2 aromatic heterocycles. The normalized spacial score (nSPS) is 16.7. The maximum absolute atomic E-state index is 13.5. The van der Waals surface area contributed by atoms with Gasteiger partial charge in [0.1, 0.15) is 5.75 Å². The lowest BCUT2D eigenvalue weighted by Gasteiger charge is -2.16. The first-order valence-corrected chi connectivity index (χ1v) is 12.4. The SMILES string of the molecule is COc1ccc(-c2nnc(S[C@@H](C)C(=O)c3c(C)[nH]c4ccccc34)n2C[C@H]2CCCO2)cc1. The van der Waals surface area contributed by atoms with Crippen molar-refractivity contribution < 1.29 is 14.3 Å². The Bertz CT molecular complexity index is 1310. The fourth-order valence-corrected chi connectivity index (χ4v) is 5.41. The van der Waals surface area contributed by atoms with Crippen molar-refractivity contribution in [3.8, 4) is 17.1 Å². The average molecular weight is 477 g/mol. The van der Waals surface area contributed by atoms with Crippen molar-refractivity contribution in [1.29, 1.82) is 0 Å². The number of ketones is 1. The first-order chi connectivity index (χ1) is 16.5. The van der Waals surface area contributed by atoms with Crippen molar-refractivity contribution in [2.45, 2.75) is 49.7 Å². The van der Waals surface area contributed by atoms with E-state index in [0.29, 0.717) is 6.54 Å². The number of methoxy groups -OCH3 is 1. The summed E-state index contributed by atoms with van der Waals surface area (Å²) < 4.78 is 13.3. The lowest BCUT2D eigenvalue weighted by Crippen LogP contribution is -2.19. The third-order valence-electron chi connectivity index (χ3n) is 6.27. The zero-order valence-electron chi connectivity index (χ0n) is 19.6. The van der Waals surface area contributed by atoms with Crippen molar-refractivity contribution >= 4 is 28.4 Å². The molecule has 0 saturated carbocycles. The smallest absolute Gasteiger partial charge is 0.192 e. The minimum atomic E-state index is -0.325. The number of hydrogen-bond donors (Lipinski definition) is 1. The molecular weight excluding hydrogens is 448 g/mol. The fraction of sp³-hybridized carbons (Fsp3) is 0.346. The van der Waals surface area contributed by atoms with Crippen molar-refractivity contribution in [2.24, 2.45) is 0 Å². The molecule has 3 heterocycles. The number of ether oxygens (including phenoxy) is 2. The Balaban J connectivity index is 1.45. The molecule has 1 aliphatic rings. The van der Waals surface area contributed by atoms with Gasteiger partial charge in [0.15, 0.2) is 16.8 Å². The second-order valence-corrected chi connectivity index (χ2v) is 9.88. The standard InChI is InChI=1S/C26H28N4O3S/c1-16-23(21-8-4-5-9-22(21)27-16)24(31)17(2)34-26-29-28-25(18-10-12-19(32-3)13-11-18)30(26)15-20-7-6-14-33-20/h4-5,8-13,17,20,27H,6-7,14-15H2,1-3H3/t17-,20+/m0/s1. The Morgan fingerprint density at radius 3 is 2.76 bits per heavy atom. The first kappa shape index (κ1) is 22.7. The number of hydrogen-bond acceptors (Lipinski definition) is 6. The number of aromatic amines is 1. The van der Waals surface area contributed by atoms with Gasteiger partial charge in [0.2, 0.25) is 0 Å². The molecule has 0 aliphatic carbocycles. The summed E-state index contributed by atoms with van der Waals surface area (Å²) in [6.07, 6.45) is 2.18. The third kappa shape index (κ3) is 4.35. The van der Waals surface area contributed by atoms with E-state index in [1.807, 2.05) is 62.4 Å². The molecule has 0 amide bonds. The topological polar surface area (TPSA) is 82.0 Å². The predicted molar refractivity (Wildman–Crippen MR) is 134 cm³/mol. The summed E-state index contributed by atoms with van der Waals surface area (Å²) >= 11 is 1.45. The number of thioether (sulfide) groups is 1. The Morgan fingerprint density at radius 1 is 1.24 bits per heavy atom. The van der Waals surface area contributed by atoms with Crippen LogP contribution < -0.4 is 4.74 Å². The molecule has 1 N–H and O–H groups in total. The predicted octanol–water partition coefficient (Wildman–Crippen LogP) is 5.29. The fourth-order valence-electron chi connectivity index (χ4n) is 4.50. The number of nitrogens with one attached hydrogen (secondary N) is 1. The van der Waals surface area contributed by atoms with Crippen LogP contribution in [0.5, 0.6) is 5.75 Å². The number of para-hydroxylation sites is 1. The molecule has 34 heavy (non-hydrogen) atoms. The number of nitrogens with zero attached hydrogens (tertiary/aromatic N) is 3. The molecule has 1 fully saturated rings. The van der Waals surface area contributed by atoms with Crippen LogP contribution in [0.15, 0.2) is 53.7 Å². The number of aromatic nitrogens is 4. The maximum Gasteiger partial charge on any atom is 0.192 e. The summed E-state index contributed by atoms with van der Waals surface area (Å²) in [5.41, 5.74) is 3.56. The highest BCUT2D eigenvalue weighted by molar-refractivity contribution is 8.00. The lowest BCUT2D eigenvalue weighted by atomic mass is 10.1. The van der Waals surface area contributed by atoms with E-state index < -0.39 is 0 Å². The molecule has 2 aromatic carbocycles. The van der Waals surface area contributed by atoms with Crippen LogP contribution in [-0.2, 0) is 11.3 Å². The van der Waals surface area contributed by atoms with E-state index in [1.165, 1.54) is 11.8 Å². The highest BCUT2D eigenvalue weighted by Gasteiger charge is 2.27. The van der Waals surface area contributed by atoms with Gasteiger partial charge in [0.05, 0.1) is 25.0 Å². The molecule has 0 radical (unpaired) electrons. The quantitative estimate of drug-likeness (QED) is 0.275. The lowest BCUT2D eigenvalue weighted by molar-refractivity contribution is 0.0953. The van der Waals surface area contributed by atoms with Gasteiger partial charge in [-0.2, -0.15) is 0 Å². The van der Waals surface area contributed by atoms with E-state index >= 15 is 0 Å². The van der Waals surface area contributed by atoms with Crippen LogP contribution in [-0.4, -0.2) is 50.6 Å². The van der Waals surface area contributed by atoms with Gasteiger partial charge in [-0.3, -0.25) is 9.36 Å². The zero-order chi connectivity index (χ0) is 23.7. The van der Waals surface area contributed by atoms with E-state index in [9.17, 15) is 4.79 Å². The van der Waals surface area contributed by atoms with E-state index in [-0.39, 0.29) is 17.1 Å². The summed E-state index contributed by atoms with van der Waals surface area (Å²) in [5, 5.41) is 10.4. The summed E-state index contributed by atoms with van der Waals surface area (Å²) in [4.78, 5) is 16.8. The van der Waals surface area contributed by atoms with Gasteiger partial charge in [-0.05, 0) is 57.0 Å². The van der Waals surface area contributed by atoms with Crippen LogP contribution in [0.3, 0.4) is 0 Å². The molecule has 8 heteroatoms. The van der Waals surface area contributed by atoms with Crippen LogP contribution in [0.2, 0.25) is 0 Å². The van der Waals surface area contributed by atoms with Gasteiger partial charge >= 0.3 is 0 Å². The summed E-state index contributed by atoms with van der Waals surface area (Å²) in [7, 11) is 1.65. The van der Waals surface area contributed by atoms with Crippen LogP contribution in [0.25, 0.3) is 22.3 Å².